The summed E-state index contributed by atoms with van der Waals surface area (Å²) in [5.74, 6) is 0.731. The summed E-state index contributed by atoms with van der Waals surface area (Å²) in [6, 6.07) is 18.0. The van der Waals surface area contributed by atoms with E-state index in [9.17, 15) is 0 Å². The molecule has 5 nitrogen and oxygen atoms in total. The molecule has 4 N–H and O–H groups in total. The number of nitrogens with two attached hydrogens (primary N) is 2. The molecule has 4 rings (SSSR count). The van der Waals surface area contributed by atoms with Gasteiger partial charge in [-0.05, 0) is 23.1 Å². The number of nitrogens with zero attached hydrogens (tertiary/aromatic N) is 3. The highest BCUT2D eigenvalue weighted by Gasteiger charge is 2.07. The Labute approximate surface area is 151 Å². The molecule has 0 spiro atoms. The van der Waals surface area contributed by atoms with Gasteiger partial charge in [0.15, 0.2) is 0 Å². The summed E-state index contributed by atoms with van der Waals surface area (Å²) in [4.78, 5) is 12.5. The van der Waals surface area contributed by atoms with Gasteiger partial charge in [-0.3, -0.25) is 0 Å². The van der Waals surface area contributed by atoms with Crippen LogP contribution in [0, 0.1) is 0 Å². The zero-order valence-corrected chi connectivity index (χ0v) is 14.0. The van der Waals surface area contributed by atoms with Gasteiger partial charge in [-0.1, -0.05) is 54.6 Å². The maximum absolute atomic E-state index is 6.12. The molecule has 126 valence electrons. The second kappa shape index (κ2) is 6.64. The number of fused-ring (bicyclic) bond motifs is 1. The van der Waals surface area contributed by atoms with Crippen LogP contribution in [0.5, 0.6) is 0 Å². The molecule has 4 aromatic rings. The van der Waals surface area contributed by atoms with Gasteiger partial charge in [0, 0.05) is 28.9 Å². The smallest absolute Gasteiger partial charge is 0.220 e. The number of pyridine rings is 1. The molecule has 0 aliphatic heterocycles. The Kier molecular flexibility index (Phi) is 4.03. The molecule has 5 heteroatoms. The topological polar surface area (TPSA) is 90.7 Å². The van der Waals surface area contributed by atoms with Gasteiger partial charge in [0.05, 0.1) is 5.69 Å². The van der Waals surface area contributed by atoms with E-state index in [1.807, 2.05) is 48.5 Å². The lowest BCUT2D eigenvalue weighted by atomic mass is 10.0. The van der Waals surface area contributed by atoms with Crippen molar-refractivity contribution in [2.24, 2.45) is 0 Å². The zero-order chi connectivity index (χ0) is 17.9. The highest BCUT2D eigenvalue weighted by atomic mass is 15.0. The van der Waals surface area contributed by atoms with Crippen LogP contribution in [0.1, 0.15) is 11.1 Å². The summed E-state index contributed by atoms with van der Waals surface area (Å²) in [5, 5.41) is 1.92. The van der Waals surface area contributed by atoms with E-state index in [4.69, 9.17) is 11.5 Å². The van der Waals surface area contributed by atoms with E-state index in [1.54, 1.807) is 12.4 Å². The number of nitrogen functional groups attached to an aromatic ring is 2. The molecular formula is C21H17N5. The maximum Gasteiger partial charge on any atom is 0.220 e. The molecule has 0 atom stereocenters. The summed E-state index contributed by atoms with van der Waals surface area (Å²) >= 11 is 0. The minimum Gasteiger partial charge on any atom is -0.383 e. The number of hydrogen-bond acceptors (Lipinski definition) is 5. The summed E-state index contributed by atoms with van der Waals surface area (Å²) in [5.41, 5.74) is 15.6. The van der Waals surface area contributed by atoms with Crippen LogP contribution in [0.3, 0.4) is 0 Å². The summed E-state index contributed by atoms with van der Waals surface area (Å²) in [6.45, 7) is 0. The quantitative estimate of drug-likeness (QED) is 0.588. The number of aromatic nitrogens is 3. The average molecular weight is 339 g/mol. The molecule has 0 unspecified atom stereocenters. The third-order valence-corrected chi connectivity index (χ3v) is 4.17. The van der Waals surface area contributed by atoms with Crippen LogP contribution in [-0.2, 0) is 0 Å². The van der Waals surface area contributed by atoms with Gasteiger partial charge in [0.25, 0.3) is 0 Å². The molecule has 2 heterocycles. The number of anilines is 2. The highest BCUT2D eigenvalue weighted by molar-refractivity contribution is 5.99. The van der Waals surface area contributed by atoms with Crippen LogP contribution in [0.2, 0.25) is 0 Å². The molecule has 26 heavy (non-hydrogen) atoms. The fourth-order valence-electron chi connectivity index (χ4n) is 2.86. The maximum atomic E-state index is 6.12. The van der Waals surface area contributed by atoms with E-state index < -0.39 is 0 Å². The molecule has 0 radical (unpaired) electrons. The Morgan fingerprint density at radius 1 is 0.808 bits per heavy atom. The predicted octanol–water partition coefficient (Wildman–Crippen LogP) is 4.03. The van der Waals surface area contributed by atoms with E-state index >= 15 is 0 Å². The Morgan fingerprint density at radius 3 is 2.46 bits per heavy atom. The molecule has 0 saturated heterocycles. The van der Waals surface area contributed by atoms with Crippen molar-refractivity contribution < 1.29 is 0 Å². The molecule has 0 saturated carbocycles. The molecule has 0 amide bonds. The summed E-state index contributed by atoms with van der Waals surface area (Å²) in [7, 11) is 0. The minimum absolute atomic E-state index is 0.244. The van der Waals surface area contributed by atoms with Gasteiger partial charge in [0.2, 0.25) is 5.95 Å². The van der Waals surface area contributed by atoms with E-state index in [0.717, 1.165) is 33.2 Å². The summed E-state index contributed by atoms with van der Waals surface area (Å²) < 4.78 is 0. The van der Waals surface area contributed by atoms with Crippen LogP contribution < -0.4 is 11.5 Å². The molecule has 0 bridgehead atoms. The number of benzene rings is 2. The molecule has 0 aliphatic carbocycles. The minimum atomic E-state index is 0.244. The molecule has 2 aromatic heterocycles. The lowest BCUT2D eigenvalue weighted by molar-refractivity contribution is 1.19. The van der Waals surface area contributed by atoms with Crippen molar-refractivity contribution in [3.8, 4) is 11.3 Å². The fraction of sp³-hybridized carbons (Fsp3) is 0. The molecule has 0 aliphatic rings. The normalized spacial score (nSPS) is 11.2. The van der Waals surface area contributed by atoms with Gasteiger partial charge in [-0.15, -0.1) is 0 Å². The van der Waals surface area contributed by atoms with Crippen LogP contribution in [0.4, 0.5) is 11.8 Å². The van der Waals surface area contributed by atoms with Crippen molar-refractivity contribution >= 4 is 34.7 Å². The van der Waals surface area contributed by atoms with Crippen LogP contribution >= 0.6 is 0 Å². The first-order chi connectivity index (χ1) is 12.7. The Hall–Kier alpha value is -3.73. The SMILES string of the molecule is Nc1nccc(-c2ccc3c(/C=C/c4ccccc4)cnc(N)c3c2)n1. The first-order valence-corrected chi connectivity index (χ1v) is 8.21. The first kappa shape index (κ1) is 15.8. The predicted molar refractivity (Wildman–Crippen MR) is 107 cm³/mol. The molecule has 0 fully saturated rings. The van der Waals surface area contributed by atoms with Crippen LogP contribution in [0.25, 0.3) is 34.2 Å². The van der Waals surface area contributed by atoms with Gasteiger partial charge < -0.3 is 11.5 Å². The van der Waals surface area contributed by atoms with Crippen molar-refractivity contribution in [2.45, 2.75) is 0 Å². The first-order valence-electron chi connectivity index (χ1n) is 8.21. The lowest BCUT2D eigenvalue weighted by Gasteiger charge is -2.08. The lowest BCUT2D eigenvalue weighted by Crippen LogP contribution is -1.96. The van der Waals surface area contributed by atoms with Crippen molar-refractivity contribution in [3.63, 3.8) is 0 Å². The summed E-state index contributed by atoms with van der Waals surface area (Å²) in [6.07, 6.45) is 7.54. The zero-order valence-electron chi connectivity index (χ0n) is 14.0. The number of rotatable bonds is 3. The highest BCUT2D eigenvalue weighted by Crippen LogP contribution is 2.29. The second-order valence-electron chi connectivity index (χ2n) is 5.90. The molecular weight excluding hydrogens is 322 g/mol. The monoisotopic (exact) mass is 339 g/mol. The Morgan fingerprint density at radius 2 is 1.65 bits per heavy atom. The largest absolute Gasteiger partial charge is 0.383 e. The van der Waals surface area contributed by atoms with Gasteiger partial charge >= 0.3 is 0 Å². The van der Waals surface area contributed by atoms with E-state index in [1.165, 1.54) is 0 Å². The van der Waals surface area contributed by atoms with Crippen LogP contribution in [0.15, 0.2) is 67.0 Å². The number of hydrogen-bond donors (Lipinski definition) is 2. The van der Waals surface area contributed by atoms with Crippen molar-refractivity contribution in [1.29, 1.82) is 0 Å². The van der Waals surface area contributed by atoms with Gasteiger partial charge in [-0.2, -0.15) is 0 Å². The van der Waals surface area contributed by atoms with E-state index in [2.05, 4.69) is 33.2 Å². The van der Waals surface area contributed by atoms with Crippen molar-refractivity contribution in [2.75, 3.05) is 11.5 Å². The Balaban J connectivity index is 1.79. The third kappa shape index (κ3) is 3.10. The standard InChI is InChI=1S/C21H17N5/c22-20-18-12-15(19-10-11-24-21(23)26-19)8-9-17(18)16(13-25-20)7-6-14-4-2-1-3-5-14/h1-13H,(H2,22,25)(H2,23,24,26)/b7-6+. The Bertz CT molecular complexity index is 1100. The van der Waals surface area contributed by atoms with Gasteiger partial charge in [0.1, 0.15) is 5.82 Å². The van der Waals surface area contributed by atoms with E-state index in [-0.39, 0.29) is 5.95 Å². The fourth-order valence-corrected chi connectivity index (χ4v) is 2.86. The van der Waals surface area contributed by atoms with Crippen molar-refractivity contribution in [1.82, 2.24) is 15.0 Å². The third-order valence-electron chi connectivity index (χ3n) is 4.17. The van der Waals surface area contributed by atoms with Crippen LogP contribution in [-0.4, -0.2) is 15.0 Å². The second-order valence-corrected chi connectivity index (χ2v) is 5.90. The molecule has 2 aromatic carbocycles. The average Bonchev–Trinajstić information content (AvgIpc) is 2.68. The van der Waals surface area contributed by atoms with Gasteiger partial charge in [-0.25, -0.2) is 15.0 Å². The van der Waals surface area contributed by atoms with E-state index in [0.29, 0.717) is 5.82 Å². The van der Waals surface area contributed by atoms with Crippen molar-refractivity contribution in [3.05, 3.63) is 78.1 Å².